The molecule has 0 unspecified atom stereocenters. The van der Waals surface area contributed by atoms with E-state index in [4.69, 9.17) is 4.98 Å². The molecule has 3 nitrogen and oxygen atoms in total. The molecule has 0 aliphatic heterocycles. The first-order chi connectivity index (χ1) is 25.7. The maximum Gasteiger partial charge on any atom is 0.138 e. The Morgan fingerprint density at radius 1 is 0.423 bits per heavy atom. The molecule has 9 aromatic rings. The molecule has 0 saturated carbocycles. The summed E-state index contributed by atoms with van der Waals surface area (Å²) < 4.78 is 4.70. The average molecular weight is 664 g/mol. The first-order valence-electron chi connectivity index (χ1n) is 17.7. The van der Waals surface area contributed by atoms with Crippen LogP contribution in [0.3, 0.4) is 0 Å². The summed E-state index contributed by atoms with van der Waals surface area (Å²) in [6.45, 7) is 4.45. The third kappa shape index (κ3) is 4.86. The van der Waals surface area contributed by atoms with Crippen LogP contribution in [0.4, 0.5) is 0 Å². The van der Waals surface area contributed by atoms with E-state index in [0.29, 0.717) is 0 Å². The Morgan fingerprint density at radius 3 is 1.77 bits per heavy atom. The van der Waals surface area contributed by atoms with Crippen LogP contribution in [0.15, 0.2) is 189 Å². The van der Waals surface area contributed by atoms with Crippen LogP contribution >= 0.6 is 0 Å². The van der Waals surface area contributed by atoms with Gasteiger partial charge in [-0.15, -0.1) is 0 Å². The van der Waals surface area contributed by atoms with Gasteiger partial charge in [0, 0.05) is 33.0 Å². The minimum atomic E-state index is 0.888. The minimum absolute atomic E-state index is 0.888. The topological polar surface area (TPSA) is 22.8 Å². The van der Waals surface area contributed by atoms with Gasteiger partial charge in [0.2, 0.25) is 0 Å². The van der Waals surface area contributed by atoms with E-state index >= 15 is 0 Å². The summed E-state index contributed by atoms with van der Waals surface area (Å²) in [5, 5.41) is 3.59. The molecule has 0 spiro atoms. The van der Waals surface area contributed by atoms with Gasteiger partial charge in [-0.25, -0.2) is 4.98 Å². The third-order valence-corrected chi connectivity index (χ3v) is 10.2. The van der Waals surface area contributed by atoms with E-state index in [2.05, 4.69) is 204 Å². The molecule has 0 N–H and O–H groups in total. The SMILES string of the molecule is C=C1C=CC=Cc2c1c1ccc(-c3ccc4c5ccccc5n(-c5cc(-c6ccccc6)cc(-c6ccccc6)n5)c4c3)cc1n2-c1ccccc1. The second-order valence-corrected chi connectivity index (χ2v) is 13.3. The summed E-state index contributed by atoms with van der Waals surface area (Å²) in [7, 11) is 0. The zero-order valence-corrected chi connectivity index (χ0v) is 28.4. The maximum absolute atomic E-state index is 5.35. The van der Waals surface area contributed by atoms with E-state index < -0.39 is 0 Å². The molecule has 3 heterocycles. The van der Waals surface area contributed by atoms with Gasteiger partial charge in [-0.3, -0.25) is 4.57 Å². The highest BCUT2D eigenvalue weighted by Gasteiger charge is 2.21. The maximum atomic E-state index is 5.35. The molecule has 52 heavy (non-hydrogen) atoms. The van der Waals surface area contributed by atoms with Crippen molar-refractivity contribution in [2.75, 3.05) is 0 Å². The molecule has 10 rings (SSSR count). The van der Waals surface area contributed by atoms with Gasteiger partial charge in [0.25, 0.3) is 0 Å². The normalized spacial score (nSPS) is 12.5. The fourth-order valence-electron chi connectivity index (χ4n) is 7.82. The third-order valence-electron chi connectivity index (χ3n) is 10.2. The molecule has 0 radical (unpaired) electrons. The predicted molar refractivity (Wildman–Crippen MR) is 219 cm³/mol. The van der Waals surface area contributed by atoms with Crippen molar-refractivity contribution in [3.05, 3.63) is 200 Å². The monoisotopic (exact) mass is 663 g/mol. The number of pyridine rings is 1. The highest BCUT2D eigenvalue weighted by atomic mass is 15.1. The molecular formula is C49H33N3. The van der Waals surface area contributed by atoms with E-state index in [-0.39, 0.29) is 0 Å². The van der Waals surface area contributed by atoms with Crippen LogP contribution in [-0.2, 0) is 0 Å². The molecule has 3 aromatic heterocycles. The molecule has 0 saturated heterocycles. The number of allylic oxidation sites excluding steroid dienone is 4. The van der Waals surface area contributed by atoms with Crippen molar-refractivity contribution in [3.63, 3.8) is 0 Å². The molecule has 0 amide bonds. The van der Waals surface area contributed by atoms with E-state index in [0.717, 1.165) is 72.8 Å². The zero-order chi connectivity index (χ0) is 34.6. The number of aromatic nitrogens is 3. The number of para-hydroxylation sites is 2. The van der Waals surface area contributed by atoms with Gasteiger partial charge in [0.1, 0.15) is 5.82 Å². The first-order valence-corrected chi connectivity index (χ1v) is 17.7. The summed E-state index contributed by atoms with van der Waals surface area (Å²) in [5.74, 6) is 0.888. The number of rotatable bonds is 5. The van der Waals surface area contributed by atoms with Crippen molar-refractivity contribution >= 4 is 44.4 Å². The standard InChI is InChI=1S/C49H33N3/c1-33-15-11-13-24-45-49(33)42-28-26-37(31-47(42)51(45)39-20-9-4-10-21-39)36-25-27-41-40-22-12-14-23-44(40)52(46(41)30-36)48-32-38(34-16-5-2-6-17-34)29-43(50-48)35-18-7-3-8-19-35/h2-32H,1H2. The van der Waals surface area contributed by atoms with Gasteiger partial charge < -0.3 is 4.57 Å². The highest BCUT2D eigenvalue weighted by Crippen LogP contribution is 2.40. The lowest BCUT2D eigenvalue weighted by molar-refractivity contribution is 1.08. The van der Waals surface area contributed by atoms with Crippen molar-refractivity contribution in [1.82, 2.24) is 14.1 Å². The summed E-state index contributed by atoms with van der Waals surface area (Å²) in [6, 6.07) is 58.4. The second kappa shape index (κ2) is 12.1. The number of benzene rings is 6. The van der Waals surface area contributed by atoms with E-state index in [1.54, 1.807) is 0 Å². The molecule has 0 bridgehead atoms. The molecule has 0 atom stereocenters. The lowest BCUT2D eigenvalue weighted by atomic mass is 9.99. The molecule has 3 heteroatoms. The number of nitrogens with zero attached hydrogens (tertiary/aromatic N) is 3. The van der Waals surface area contributed by atoms with E-state index in [1.165, 1.54) is 21.7 Å². The van der Waals surface area contributed by atoms with Crippen LogP contribution in [-0.4, -0.2) is 14.1 Å². The van der Waals surface area contributed by atoms with Crippen LogP contribution in [0, 0.1) is 0 Å². The van der Waals surface area contributed by atoms with Gasteiger partial charge in [-0.2, -0.15) is 0 Å². The summed E-state index contributed by atoms with van der Waals surface area (Å²) in [6.07, 6.45) is 8.47. The average Bonchev–Trinajstić information content (AvgIpc) is 3.64. The molecule has 244 valence electrons. The van der Waals surface area contributed by atoms with Crippen LogP contribution in [0.1, 0.15) is 11.3 Å². The van der Waals surface area contributed by atoms with Crippen LogP contribution in [0.5, 0.6) is 0 Å². The van der Waals surface area contributed by atoms with Crippen LogP contribution < -0.4 is 0 Å². The largest absolute Gasteiger partial charge is 0.309 e. The molecule has 1 aliphatic carbocycles. The van der Waals surface area contributed by atoms with E-state index in [9.17, 15) is 0 Å². The van der Waals surface area contributed by atoms with Gasteiger partial charge in [0.05, 0.1) is 27.9 Å². The van der Waals surface area contributed by atoms with Gasteiger partial charge in [-0.05, 0) is 76.4 Å². The van der Waals surface area contributed by atoms with Crippen molar-refractivity contribution in [2.24, 2.45) is 0 Å². The zero-order valence-electron chi connectivity index (χ0n) is 28.4. The number of fused-ring (bicyclic) bond motifs is 6. The van der Waals surface area contributed by atoms with Gasteiger partial charge in [0.15, 0.2) is 0 Å². The first kappa shape index (κ1) is 29.9. The highest BCUT2D eigenvalue weighted by molar-refractivity contribution is 6.10. The van der Waals surface area contributed by atoms with Crippen molar-refractivity contribution < 1.29 is 0 Å². The Labute approximate surface area is 302 Å². The fourth-order valence-corrected chi connectivity index (χ4v) is 7.82. The Bertz CT molecular complexity index is 2830. The van der Waals surface area contributed by atoms with Gasteiger partial charge in [-0.1, -0.05) is 146 Å². The van der Waals surface area contributed by atoms with E-state index in [1.807, 2.05) is 0 Å². The quantitative estimate of drug-likeness (QED) is 0.180. The molecule has 6 aromatic carbocycles. The van der Waals surface area contributed by atoms with Crippen molar-refractivity contribution in [2.45, 2.75) is 0 Å². The number of hydrogen-bond donors (Lipinski definition) is 0. The van der Waals surface area contributed by atoms with Gasteiger partial charge >= 0.3 is 0 Å². The second-order valence-electron chi connectivity index (χ2n) is 13.3. The van der Waals surface area contributed by atoms with Crippen molar-refractivity contribution in [1.29, 1.82) is 0 Å². The molecule has 1 aliphatic rings. The molecule has 0 fully saturated rings. The lowest BCUT2D eigenvalue weighted by Gasteiger charge is -2.13. The Balaban J connectivity index is 1.21. The summed E-state index contributed by atoms with van der Waals surface area (Å²) in [4.78, 5) is 5.35. The van der Waals surface area contributed by atoms with Crippen LogP contribution in [0.25, 0.3) is 89.4 Å². The smallest absolute Gasteiger partial charge is 0.138 e. The molecular weight excluding hydrogens is 631 g/mol. The number of hydrogen-bond acceptors (Lipinski definition) is 1. The van der Waals surface area contributed by atoms with Crippen LogP contribution in [0.2, 0.25) is 0 Å². The lowest BCUT2D eigenvalue weighted by Crippen LogP contribution is -2.00. The predicted octanol–water partition coefficient (Wildman–Crippen LogP) is 12.7. The minimum Gasteiger partial charge on any atom is -0.309 e. The summed E-state index contributed by atoms with van der Waals surface area (Å²) >= 11 is 0. The summed E-state index contributed by atoms with van der Waals surface area (Å²) in [5.41, 5.74) is 14.5. The Hall–Kier alpha value is -6.97. The van der Waals surface area contributed by atoms with Crippen molar-refractivity contribution in [3.8, 4) is 45.0 Å². The Morgan fingerprint density at radius 2 is 1.02 bits per heavy atom. The fraction of sp³-hybridized carbons (Fsp3) is 0. The Kier molecular flexibility index (Phi) is 6.97.